The van der Waals surface area contributed by atoms with Gasteiger partial charge in [0.25, 0.3) is 0 Å². The second kappa shape index (κ2) is 4.29. The van der Waals surface area contributed by atoms with Gasteiger partial charge in [0.05, 0.1) is 6.61 Å². The Hall–Kier alpha value is -0.930. The number of hydrogen-bond donors (Lipinski definition) is 1. The summed E-state index contributed by atoms with van der Waals surface area (Å²) in [5, 5.41) is 3.54. The average Bonchev–Trinajstić information content (AvgIpc) is 2.63. The van der Waals surface area contributed by atoms with Gasteiger partial charge in [-0.05, 0) is 37.0 Å². The Bertz CT molecular complexity index is 315. The van der Waals surface area contributed by atoms with Crippen molar-refractivity contribution in [2.75, 3.05) is 20.3 Å². The SMILES string of the molecule is COCC1(C)CC(c2ccncc2)CN1. The van der Waals surface area contributed by atoms with Crippen LogP contribution in [0.1, 0.15) is 24.8 Å². The molecule has 3 heteroatoms. The third-order valence-electron chi connectivity index (χ3n) is 3.11. The molecule has 1 aromatic rings. The van der Waals surface area contributed by atoms with E-state index in [1.807, 2.05) is 12.4 Å². The molecule has 0 amide bonds. The quantitative estimate of drug-likeness (QED) is 0.815. The summed E-state index contributed by atoms with van der Waals surface area (Å²) in [6.07, 6.45) is 4.85. The number of aromatic nitrogens is 1. The maximum atomic E-state index is 5.24. The van der Waals surface area contributed by atoms with Crippen LogP contribution in [0.3, 0.4) is 0 Å². The van der Waals surface area contributed by atoms with Crippen LogP contribution in [0.4, 0.5) is 0 Å². The second-order valence-corrected chi connectivity index (χ2v) is 4.56. The fourth-order valence-corrected chi connectivity index (χ4v) is 2.36. The molecule has 3 nitrogen and oxygen atoms in total. The maximum absolute atomic E-state index is 5.24. The van der Waals surface area contributed by atoms with Gasteiger partial charge in [0.2, 0.25) is 0 Å². The van der Waals surface area contributed by atoms with E-state index < -0.39 is 0 Å². The van der Waals surface area contributed by atoms with E-state index in [0.29, 0.717) is 5.92 Å². The number of nitrogens with zero attached hydrogens (tertiary/aromatic N) is 1. The summed E-state index contributed by atoms with van der Waals surface area (Å²) in [7, 11) is 1.76. The van der Waals surface area contributed by atoms with E-state index in [4.69, 9.17) is 4.74 Å². The Kier molecular flexibility index (Phi) is 3.03. The van der Waals surface area contributed by atoms with Gasteiger partial charge < -0.3 is 10.1 Å². The second-order valence-electron chi connectivity index (χ2n) is 4.56. The Morgan fingerprint density at radius 1 is 1.53 bits per heavy atom. The zero-order valence-corrected chi connectivity index (χ0v) is 9.36. The number of pyridine rings is 1. The molecule has 82 valence electrons. The minimum absolute atomic E-state index is 0.128. The lowest BCUT2D eigenvalue weighted by Crippen LogP contribution is -2.40. The molecule has 2 heterocycles. The van der Waals surface area contributed by atoms with Crippen LogP contribution in [0.15, 0.2) is 24.5 Å². The highest BCUT2D eigenvalue weighted by Gasteiger charge is 2.34. The number of methoxy groups -OCH3 is 1. The van der Waals surface area contributed by atoms with Crippen molar-refractivity contribution in [1.29, 1.82) is 0 Å². The van der Waals surface area contributed by atoms with Gasteiger partial charge in [-0.1, -0.05) is 0 Å². The van der Waals surface area contributed by atoms with E-state index in [0.717, 1.165) is 19.6 Å². The first kappa shape index (κ1) is 10.6. The monoisotopic (exact) mass is 206 g/mol. The lowest BCUT2D eigenvalue weighted by molar-refractivity contribution is 0.129. The molecule has 0 radical (unpaired) electrons. The topological polar surface area (TPSA) is 34.1 Å². The first-order chi connectivity index (χ1) is 7.23. The van der Waals surface area contributed by atoms with Crippen molar-refractivity contribution in [1.82, 2.24) is 10.3 Å². The average molecular weight is 206 g/mol. The Morgan fingerprint density at radius 3 is 2.93 bits per heavy atom. The molecule has 0 aliphatic carbocycles. The molecule has 0 bridgehead atoms. The molecule has 0 saturated carbocycles. The first-order valence-electron chi connectivity index (χ1n) is 5.37. The zero-order chi connectivity index (χ0) is 10.7. The Morgan fingerprint density at radius 2 is 2.27 bits per heavy atom. The Labute approximate surface area is 90.9 Å². The van der Waals surface area contributed by atoms with Gasteiger partial charge in [-0.2, -0.15) is 0 Å². The van der Waals surface area contributed by atoms with Crippen LogP contribution in [0.25, 0.3) is 0 Å². The van der Waals surface area contributed by atoms with Crippen LogP contribution in [-0.2, 0) is 4.74 Å². The first-order valence-corrected chi connectivity index (χ1v) is 5.37. The summed E-state index contributed by atoms with van der Waals surface area (Å²) in [4.78, 5) is 4.04. The van der Waals surface area contributed by atoms with Gasteiger partial charge in [-0.3, -0.25) is 4.98 Å². The zero-order valence-electron chi connectivity index (χ0n) is 9.36. The summed E-state index contributed by atoms with van der Waals surface area (Å²) in [5.74, 6) is 0.591. The molecule has 1 aliphatic rings. The predicted molar refractivity (Wildman–Crippen MR) is 59.9 cm³/mol. The van der Waals surface area contributed by atoms with Gasteiger partial charge in [0, 0.05) is 31.6 Å². The van der Waals surface area contributed by atoms with Crippen molar-refractivity contribution < 1.29 is 4.74 Å². The normalized spacial score (nSPS) is 30.7. The van der Waals surface area contributed by atoms with Crippen LogP contribution in [0.5, 0.6) is 0 Å². The lowest BCUT2D eigenvalue weighted by Gasteiger charge is -2.23. The molecule has 1 aromatic heterocycles. The van der Waals surface area contributed by atoms with Gasteiger partial charge in [-0.15, -0.1) is 0 Å². The molecule has 1 saturated heterocycles. The molecule has 2 unspecified atom stereocenters. The van der Waals surface area contributed by atoms with Crippen molar-refractivity contribution in [3.05, 3.63) is 30.1 Å². The molecule has 1 aliphatic heterocycles. The van der Waals surface area contributed by atoms with E-state index in [9.17, 15) is 0 Å². The van der Waals surface area contributed by atoms with Crippen LogP contribution in [-0.4, -0.2) is 30.8 Å². The van der Waals surface area contributed by atoms with Gasteiger partial charge in [0.15, 0.2) is 0 Å². The highest BCUT2D eigenvalue weighted by atomic mass is 16.5. The number of hydrogen-bond acceptors (Lipinski definition) is 3. The molecular formula is C12H18N2O. The van der Waals surface area contributed by atoms with E-state index in [1.54, 1.807) is 7.11 Å². The minimum atomic E-state index is 0.128. The van der Waals surface area contributed by atoms with E-state index in [2.05, 4.69) is 29.4 Å². The van der Waals surface area contributed by atoms with Crippen molar-refractivity contribution in [3.63, 3.8) is 0 Å². The Balaban J connectivity index is 2.04. The highest BCUT2D eigenvalue weighted by Crippen LogP contribution is 2.31. The molecule has 15 heavy (non-hydrogen) atoms. The van der Waals surface area contributed by atoms with Crippen molar-refractivity contribution in [2.24, 2.45) is 0 Å². The van der Waals surface area contributed by atoms with Crippen LogP contribution >= 0.6 is 0 Å². The summed E-state index contributed by atoms with van der Waals surface area (Å²) in [6, 6.07) is 4.20. The summed E-state index contributed by atoms with van der Waals surface area (Å²) in [5.41, 5.74) is 1.50. The molecular weight excluding hydrogens is 188 g/mol. The summed E-state index contributed by atoms with van der Waals surface area (Å²) >= 11 is 0. The molecule has 1 fully saturated rings. The fraction of sp³-hybridized carbons (Fsp3) is 0.583. The number of ether oxygens (including phenoxy) is 1. The lowest BCUT2D eigenvalue weighted by atomic mass is 9.91. The van der Waals surface area contributed by atoms with Gasteiger partial charge in [-0.25, -0.2) is 0 Å². The largest absolute Gasteiger partial charge is 0.383 e. The van der Waals surface area contributed by atoms with Gasteiger partial charge >= 0.3 is 0 Å². The minimum Gasteiger partial charge on any atom is -0.383 e. The third kappa shape index (κ3) is 2.36. The standard InChI is InChI=1S/C12H18N2O/c1-12(9-15-2)7-11(8-14-12)10-3-5-13-6-4-10/h3-6,11,14H,7-9H2,1-2H3. The van der Waals surface area contributed by atoms with Crippen LogP contribution < -0.4 is 5.32 Å². The maximum Gasteiger partial charge on any atom is 0.0642 e. The molecule has 0 aromatic carbocycles. The van der Waals surface area contributed by atoms with Crippen molar-refractivity contribution >= 4 is 0 Å². The summed E-state index contributed by atoms with van der Waals surface area (Å²) < 4.78 is 5.24. The van der Waals surface area contributed by atoms with E-state index in [1.165, 1.54) is 5.56 Å². The van der Waals surface area contributed by atoms with Gasteiger partial charge in [0.1, 0.15) is 0 Å². The predicted octanol–water partition coefficient (Wildman–Crippen LogP) is 1.56. The molecule has 1 N–H and O–H groups in total. The van der Waals surface area contributed by atoms with Crippen molar-refractivity contribution in [3.8, 4) is 0 Å². The van der Waals surface area contributed by atoms with Crippen molar-refractivity contribution in [2.45, 2.75) is 24.8 Å². The van der Waals surface area contributed by atoms with Crippen LogP contribution in [0.2, 0.25) is 0 Å². The van der Waals surface area contributed by atoms with E-state index >= 15 is 0 Å². The number of rotatable bonds is 3. The fourth-order valence-electron chi connectivity index (χ4n) is 2.36. The van der Waals surface area contributed by atoms with E-state index in [-0.39, 0.29) is 5.54 Å². The number of nitrogens with one attached hydrogen (secondary N) is 1. The molecule has 2 rings (SSSR count). The highest BCUT2D eigenvalue weighted by molar-refractivity contribution is 5.20. The molecule has 2 atom stereocenters. The summed E-state index contributed by atoms with van der Waals surface area (Å²) in [6.45, 7) is 4.02. The third-order valence-corrected chi connectivity index (χ3v) is 3.11. The smallest absolute Gasteiger partial charge is 0.0642 e. The van der Waals surface area contributed by atoms with Crippen LogP contribution in [0, 0.1) is 0 Å². The molecule has 0 spiro atoms.